The van der Waals surface area contributed by atoms with Crippen LogP contribution >= 0.6 is 11.6 Å². The van der Waals surface area contributed by atoms with Crippen molar-refractivity contribution in [3.8, 4) is 11.5 Å². The first-order valence-electron chi connectivity index (χ1n) is 13.1. The Labute approximate surface area is 220 Å². The van der Waals surface area contributed by atoms with Gasteiger partial charge in [0.15, 0.2) is 11.5 Å². The summed E-state index contributed by atoms with van der Waals surface area (Å²) in [6.07, 6.45) is 6.27. The number of hydrogen-bond donors (Lipinski definition) is 1. The number of carbonyl (C=O) groups excluding carboxylic acids is 2. The second-order valence-corrected chi connectivity index (χ2v) is 9.69. The van der Waals surface area contributed by atoms with Crippen LogP contribution in [-0.4, -0.2) is 42.0 Å². The van der Waals surface area contributed by atoms with Crippen LogP contribution in [0.25, 0.3) is 0 Å². The highest BCUT2D eigenvalue weighted by molar-refractivity contribution is 6.31. The zero-order chi connectivity index (χ0) is 25.9. The molecule has 0 spiro atoms. The molecule has 7 heteroatoms. The third kappa shape index (κ3) is 7.89. The minimum absolute atomic E-state index is 0.0898. The lowest BCUT2D eigenvalue weighted by Crippen LogP contribution is -2.50. The van der Waals surface area contributed by atoms with Gasteiger partial charge in [0.2, 0.25) is 11.8 Å². The molecule has 0 aliphatic heterocycles. The van der Waals surface area contributed by atoms with Gasteiger partial charge in [0.25, 0.3) is 0 Å². The maximum Gasteiger partial charge on any atom is 0.242 e. The molecule has 0 bridgehead atoms. The van der Waals surface area contributed by atoms with E-state index in [4.69, 9.17) is 21.1 Å². The quantitative estimate of drug-likeness (QED) is 0.381. The van der Waals surface area contributed by atoms with Crippen LogP contribution in [0, 0.1) is 0 Å². The van der Waals surface area contributed by atoms with Crippen LogP contribution < -0.4 is 14.8 Å². The lowest BCUT2D eigenvalue weighted by Gasteiger charge is -2.31. The van der Waals surface area contributed by atoms with Gasteiger partial charge in [-0.15, -0.1) is 0 Å². The molecule has 3 rings (SSSR count). The van der Waals surface area contributed by atoms with Gasteiger partial charge in [-0.25, -0.2) is 0 Å². The van der Waals surface area contributed by atoms with Gasteiger partial charge < -0.3 is 19.7 Å². The van der Waals surface area contributed by atoms with Crippen molar-refractivity contribution in [2.75, 3.05) is 13.2 Å². The van der Waals surface area contributed by atoms with Crippen LogP contribution in [0.3, 0.4) is 0 Å². The van der Waals surface area contributed by atoms with Crippen LogP contribution in [0.15, 0.2) is 42.5 Å². The molecule has 2 amide bonds. The number of nitrogens with one attached hydrogen (secondary N) is 1. The van der Waals surface area contributed by atoms with Gasteiger partial charge >= 0.3 is 0 Å². The predicted octanol–water partition coefficient (Wildman–Crippen LogP) is 5.94. The minimum atomic E-state index is -0.602. The number of rotatable bonds is 12. The standard InChI is InChI=1S/C29H39ClN2O4/c1-4-35-26-17-15-22(19-27(26)36-5-2)16-18-28(33)32(20-23-11-9-10-14-25(23)30)21(3)29(34)31-24-12-7-6-8-13-24/h9-11,14-15,17,19,21,24H,4-8,12-13,16,18,20H2,1-3H3,(H,31,34)/t21-/m0/s1. The number of benzene rings is 2. The lowest BCUT2D eigenvalue weighted by molar-refractivity contribution is -0.141. The molecule has 0 saturated heterocycles. The van der Waals surface area contributed by atoms with E-state index in [-0.39, 0.29) is 30.8 Å². The fraction of sp³-hybridized carbons (Fsp3) is 0.517. The molecule has 2 aromatic rings. The maximum absolute atomic E-state index is 13.5. The van der Waals surface area contributed by atoms with E-state index < -0.39 is 6.04 Å². The average Bonchev–Trinajstić information content (AvgIpc) is 2.88. The molecule has 1 aliphatic carbocycles. The predicted molar refractivity (Wildman–Crippen MR) is 144 cm³/mol. The highest BCUT2D eigenvalue weighted by Crippen LogP contribution is 2.29. The normalized spacial score (nSPS) is 14.7. The van der Waals surface area contributed by atoms with E-state index in [2.05, 4.69) is 5.32 Å². The number of halogens is 1. The van der Waals surface area contributed by atoms with Gasteiger partial charge in [-0.3, -0.25) is 9.59 Å². The van der Waals surface area contributed by atoms with Crippen molar-refractivity contribution in [1.82, 2.24) is 10.2 Å². The Hall–Kier alpha value is -2.73. The summed E-state index contributed by atoms with van der Waals surface area (Å²) < 4.78 is 11.4. The van der Waals surface area contributed by atoms with Gasteiger partial charge in [-0.2, -0.15) is 0 Å². The van der Waals surface area contributed by atoms with E-state index in [0.717, 1.165) is 36.8 Å². The number of aryl methyl sites for hydroxylation is 1. The largest absolute Gasteiger partial charge is 0.490 e. The van der Waals surface area contributed by atoms with Crippen molar-refractivity contribution >= 4 is 23.4 Å². The summed E-state index contributed by atoms with van der Waals surface area (Å²) in [6.45, 7) is 7.03. The number of amides is 2. The lowest BCUT2D eigenvalue weighted by atomic mass is 9.95. The smallest absolute Gasteiger partial charge is 0.242 e. The summed E-state index contributed by atoms with van der Waals surface area (Å²) in [5, 5.41) is 3.76. The molecule has 1 atom stereocenters. The Morgan fingerprint density at radius 2 is 1.72 bits per heavy atom. The highest BCUT2D eigenvalue weighted by atomic mass is 35.5. The first-order chi connectivity index (χ1) is 17.4. The molecule has 2 aromatic carbocycles. The Balaban J connectivity index is 1.73. The van der Waals surface area contributed by atoms with Gasteiger partial charge in [-0.1, -0.05) is 55.1 Å². The Bertz CT molecular complexity index is 1010. The molecule has 0 heterocycles. The summed E-state index contributed by atoms with van der Waals surface area (Å²) in [7, 11) is 0. The second kappa shape index (κ2) is 14.1. The highest BCUT2D eigenvalue weighted by Gasteiger charge is 2.28. The number of nitrogens with zero attached hydrogens (tertiary/aromatic N) is 1. The molecular formula is C29H39ClN2O4. The number of carbonyl (C=O) groups is 2. The SMILES string of the molecule is CCOc1ccc(CCC(=O)N(Cc2ccccc2Cl)[C@@H](C)C(=O)NC2CCCCC2)cc1OCC. The van der Waals surface area contributed by atoms with E-state index in [1.807, 2.05) is 56.3 Å². The molecular weight excluding hydrogens is 476 g/mol. The molecule has 1 N–H and O–H groups in total. The topological polar surface area (TPSA) is 67.9 Å². The van der Waals surface area contributed by atoms with Crippen LogP contribution in [-0.2, 0) is 22.6 Å². The Morgan fingerprint density at radius 3 is 2.42 bits per heavy atom. The summed E-state index contributed by atoms with van der Waals surface area (Å²) in [5.41, 5.74) is 1.80. The van der Waals surface area contributed by atoms with Crippen molar-refractivity contribution in [2.24, 2.45) is 0 Å². The van der Waals surface area contributed by atoms with Crippen molar-refractivity contribution < 1.29 is 19.1 Å². The van der Waals surface area contributed by atoms with Crippen molar-refractivity contribution in [1.29, 1.82) is 0 Å². The Morgan fingerprint density at radius 1 is 1.03 bits per heavy atom. The summed E-state index contributed by atoms with van der Waals surface area (Å²) >= 11 is 6.41. The molecule has 6 nitrogen and oxygen atoms in total. The van der Waals surface area contributed by atoms with E-state index >= 15 is 0 Å². The summed E-state index contributed by atoms with van der Waals surface area (Å²) in [5.74, 6) is 1.18. The Kier molecular flexibility index (Phi) is 10.9. The second-order valence-electron chi connectivity index (χ2n) is 9.28. The number of ether oxygens (including phenoxy) is 2. The molecule has 1 aliphatic rings. The van der Waals surface area contributed by atoms with E-state index in [1.54, 1.807) is 11.8 Å². The van der Waals surface area contributed by atoms with Crippen LogP contribution in [0.4, 0.5) is 0 Å². The fourth-order valence-electron chi connectivity index (χ4n) is 4.61. The molecule has 196 valence electrons. The molecule has 1 saturated carbocycles. The van der Waals surface area contributed by atoms with Gasteiger partial charge in [0, 0.05) is 24.0 Å². The number of hydrogen-bond acceptors (Lipinski definition) is 4. The van der Waals surface area contributed by atoms with Gasteiger partial charge in [-0.05, 0) is 69.4 Å². The van der Waals surface area contributed by atoms with E-state index in [9.17, 15) is 9.59 Å². The third-order valence-electron chi connectivity index (χ3n) is 6.65. The maximum atomic E-state index is 13.5. The molecule has 0 radical (unpaired) electrons. The molecule has 36 heavy (non-hydrogen) atoms. The van der Waals surface area contributed by atoms with Crippen molar-refractivity contribution in [3.63, 3.8) is 0 Å². The summed E-state index contributed by atoms with van der Waals surface area (Å²) in [4.78, 5) is 28.3. The molecule has 0 aromatic heterocycles. The zero-order valence-electron chi connectivity index (χ0n) is 21.7. The van der Waals surface area contributed by atoms with Crippen LogP contribution in [0.5, 0.6) is 11.5 Å². The van der Waals surface area contributed by atoms with Crippen molar-refractivity contribution in [2.45, 2.75) is 84.3 Å². The molecule has 1 fully saturated rings. The fourth-order valence-corrected chi connectivity index (χ4v) is 4.80. The first kappa shape index (κ1) is 27.9. The third-order valence-corrected chi connectivity index (χ3v) is 7.02. The van der Waals surface area contributed by atoms with Crippen molar-refractivity contribution in [3.05, 3.63) is 58.6 Å². The van der Waals surface area contributed by atoms with Gasteiger partial charge in [0.1, 0.15) is 6.04 Å². The summed E-state index contributed by atoms with van der Waals surface area (Å²) in [6, 6.07) is 12.8. The van der Waals surface area contributed by atoms with Crippen LogP contribution in [0.2, 0.25) is 5.02 Å². The zero-order valence-corrected chi connectivity index (χ0v) is 22.5. The monoisotopic (exact) mass is 514 g/mol. The molecule has 0 unspecified atom stereocenters. The van der Waals surface area contributed by atoms with Crippen LogP contribution in [0.1, 0.15) is 70.4 Å². The first-order valence-corrected chi connectivity index (χ1v) is 13.5. The van der Waals surface area contributed by atoms with E-state index in [1.165, 1.54) is 6.42 Å². The van der Waals surface area contributed by atoms with E-state index in [0.29, 0.717) is 36.2 Å². The van der Waals surface area contributed by atoms with Gasteiger partial charge in [0.05, 0.1) is 13.2 Å². The minimum Gasteiger partial charge on any atom is -0.490 e. The average molecular weight is 515 g/mol.